The Morgan fingerprint density at radius 3 is 2.40 bits per heavy atom. The van der Waals surface area contributed by atoms with Crippen LogP contribution in [-0.2, 0) is 45.9 Å². The van der Waals surface area contributed by atoms with Gasteiger partial charge in [-0.25, -0.2) is 28.6 Å². The van der Waals surface area contributed by atoms with Crippen molar-refractivity contribution in [1.29, 1.82) is 0 Å². The number of nitrogen functional groups attached to an aromatic ring is 1. The number of carbonyl (C=O) groups is 2. The lowest BCUT2D eigenvalue weighted by atomic mass is 9.87. The van der Waals surface area contributed by atoms with E-state index in [1.807, 2.05) is 0 Å². The average Bonchev–Trinajstić information content (AvgIpc) is 3.60. The lowest BCUT2D eigenvalue weighted by Crippen LogP contribution is -2.46. The van der Waals surface area contributed by atoms with E-state index in [1.54, 1.807) is 18.7 Å². The minimum absolute atomic E-state index is 0.0347. The number of thioether (sulfide) groups is 1. The number of phosphoric ester groups is 3. The normalized spacial score (nSPS) is 22.9. The van der Waals surface area contributed by atoms with Crippen LogP contribution in [0.3, 0.4) is 0 Å². The van der Waals surface area contributed by atoms with Crippen LogP contribution in [0.1, 0.15) is 39.8 Å². The van der Waals surface area contributed by atoms with Gasteiger partial charge < -0.3 is 56.0 Å². The number of hydrogen-bond donors (Lipinski definition) is 10. The maximum absolute atomic E-state index is 12.6. The highest BCUT2D eigenvalue weighted by Gasteiger charge is 2.50. The predicted molar refractivity (Wildman–Crippen MR) is 183 cm³/mol. The molecule has 24 nitrogen and oxygen atoms in total. The number of phosphoric acid groups is 3. The van der Waals surface area contributed by atoms with Crippen molar-refractivity contribution >= 4 is 64.0 Å². The number of nitrogens with one attached hydrogen (secondary N) is 2. The van der Waals surface area contributed by atoms with Gasteiger partial charge in [-0.3, -0.25) is 27.7 Å². The first-order valence-electron chi connectivity index (χ1n) is 15.7. The molecule has 8 atom stereocenters. The molecule has 0 radical (unpaired) electrons. The number of aliphatic hydroxyl groups is 3. The van der Waals surface area contributed by atoms with Gasteiger partial charge >= 0.3 is 23.5 Å². The Bertz CT molecular complexity index is 1700. The molecule has 1 aliphatic rings. The molecule has 0 spiro atoms. The van der Waals surface area contributed by atoms with Crippen LogP contribution in [0.15, 0.2) is 12.7 Å². The summed E-state index contributed by atoms with van der Waals surface area (Å²) in [5.74, 6) is 0.00582. The summed E-state index contributed by atoms with van der Waals surface area (Å²) in [7, 11) is -16.3. The van der Waals surface area contributed by atoms with Crippen molar-refractivity contribution < 1.29 is 80.8 Å². The van der Waals surface area contributed by atoms with Crippen LogP contribution in [-0.4, -0.2) is 135 Å². The number of ether oxygens (including phenoxy) is 1. The van der Waals surface area contributed by atoms with Crippen LogP contribution < -0.4 is 16.4 Å². The highest BCUT2D eigenvalue weighted by molar-refractivity contribution is 7.99. The Kier molecular flexibility index (Phi) is 16.3. The number of aliphatic hydroxyl groups excluding tert-OH is 3. The number of nitrogens with two attached hydrogens (primary N) is 1. The second-order valence-electron chi connectivity index (χ2n) is 12.3. The van der Waals surface area contributed by atoms with Crippen LogP contribution >= 0.6 is 35.2 Å². The van der Waals surface area contributed by atoms with E-state index in [0.717, 1.165) is 23.0 Å². The summed E-state index contributed by atoms with van der Waals surface area (Å²) in [4.78, 5) is 75.3. The number of anilines is 1. The summed E-state index contributed by atoms with van der Waals surface area (Å²) < 4.78 is 62.0. The third kappa shape index (κ3) is 14.1. The van der Waals surface area contributed by atoms with Gasteiger partial charge in [-0.1, -0.05) is 13.8 Å². The van der Waals surface area contributed by atoms with Crippen LogP contribution in [0.4, 0.5) is 5.82 Å². The van der Waals surface area contributed by atoms with Crippen molar-refractivity contribution in [3.63, 3.8) is 0 Å². The number of imidazole rings is 1. The molecular formula is C25H44N7O17P3S. The number of carbonyl (C=O) groups excluding carboxylic acids is 2. The largest absolute Gasteiger partial charge is 0.481 e. The Balaban J connectivity index is 1.51. The van der Waals surface area contributed by atoms with E-state index < -0.39 is 84.8 Å². The number of aromatic nitrogens is 4. The Hall–Kier alpha value is -2.15. The number of fused-ring (bicyclic) bond motifs is 1. The molecule has 1 fully saturated rings. The SMILES string of the molecule is C[C@@H](O)CCSCCNC(=O)CCNC(=O)C(O)C(C)(C)COP(=O)(O)OP(=O)(O)OC[C@H]1O[C@@H](n2cnc3c(N)ncnc32)[C@H](O)[C@@H]1OP(=O)(O)O. The van der Waals surface area contributed by atoms with E-state index in [1.165, 1.54) is 13.8 Å². The van der Waals surface area contributed by atoms with Gasteiger partial charge in [0.1, 0.15) is 36.3 Å². The molecule has 3 unspecified atom stereocenters. The van der Waals surface area contributed by atoms with E-state index in [2.05, 4.69) is 34.4 Å². The summed E-state index contributed by atoms with van der Waals surface area (Å²) in [6, 6.07) is 0. The molecule has 0 aliphatic carbocycles. The number of nitrogens with zero attached hydrogens (tertiary/aromatic N) is 4. The molecule has 53 heavy (non-hydrogen) atoms. The monoisotopic (exact) mass is 839 g/mol. The maximum atomic E-state index is 12.6. The molecule has 2 aromatic rings. The Morgan fingerprint density at radius 2 is 1.74 bits per heavy atom. The van der Waals surface area contributed by atoms with Crippen molar-refractivity contribution in [2.45, 2.75) is 70.4 Å². The summed E-state index contributed by atoms with van der Waals surface area (Å²) in [6.07, 6.45) is -6.57. The highest BCUT2D eigenvalue weighted by atomic mass is 32.2. The molecule has 3 heterocycles. The van der Waals surface area contributed by atoms with Gasteiger partial charge in [0.2, 0.25) is 11.8 Å². The van der Waals surface area contributed by atoms with Gasteiger partial charge in [-0.2, -0.15) is 16.1 Å². The van der Waals surface area contributed by atoms with E-state index in [4.69, 9.17) is 19.5 Å². The molecule has 11 N–H and O–H groups in total. The molecule has 1 aliphatic heterocycles. The first kappa shape index (κ1) is 45.2. The van der Waals surface area contributed by atoms with Gasteiger partial charge in [-0.05, 0) is 19.1 Å². The van der Waals surface area contributed by atoms with Crippen LogP contribution in [0.25, 0.3) is 11.2 Å². The summed E-state index contributed by atoms with van der Waals surface area (Å²) in [5, 5.41) is 35.6. The summed E-state index contributed by atoms with van der Waals surface area (Å²) >= 11 is 1.55. The van der Waals surface area contributed by atoms with E-state index in [9.17, 15) is 58.2 Å². The van der Waals surface area contributed by atoms with Gasteiger partial charge in [0.25, 0.3) is 0 Å². The van der Waals surface area contributed by atoms with Crippen LogP contribution in [0, 0.1) is 5.41 Å². The first-order valence-corrected chi connectivity index (χ1v) is 21.3. The average molecular weight is 840 g/mol. The predicted octanol–water partition coefficient (Wildman–Crippen LogP) is -1.09. The Labute approximate surface area is 306 Å². The quantitative estimate of drug-likeness (QED) is 0.0497. The molecule has 0 saturated carbocycles. The molecule has 28 heteroatoms. The number of amides is 2. The molecule has 0 aromatic carbocycles. The lowest BCUT2D eigenvalue weighted by molar-refractivity contribution is -0.137. The fourth-order valence-electron chi connectivity index (χ4n) is 4.56. The van der Waals surface area contributed by atoms with Crippen LogP contribution in [0.2, 0.25) is 0 Å². The molecule has 2 amide bonds. The minimum atomic E-state index is -5.55. The number of hydrogen-bond acceptors (Lipinski definition) is 18. The molecule has 2 aromatic heterocycles. The first-order chi connectivity index (χ1) is 24.5. The number of rotatable bonds is 22. The topological polar surface area (TPSA) is 367 Å². The molecule has 302 valence electrons. The third-order valence-corrected chi connectivity index (χ3v) is 11.4. The maximum Gasteiger partial charge on any atom is 0.481 e. The second kappa shape index (κ2) is 19.1. The van der Waals surface area contributed by atoms with Crippen molar-refractivity contribution in [3.05, 3.63) is 12.7 Å². The van der Waals surface area contributed by atoms with Crippen molar-refractivity contribution in [1.82, 2.24) is 30.2 Å². The zero-order chi connectivity index (χ0) is 39.8. The van der Waals surface area contributed by atoms with Gasteiger partial charge in [0, 0.05) is 30.7 Å². The summed E-state index contributed by atoms with van der Waals surface area (Å²) in [5.41, 5.74) is 4.29. The van der Waals surface area contributed by atoms with E-state index in [-0.39, 0.29) is 35.9 Å². The minimum Gasteiger partial charge on any atom is -0.393 e. The second-order valence-corrected chi connectivity index (χ2v) is 17.8. The van der Waals surface area contributed by atoms with Crippen molar-refractivity contribution in [3.8, 4) is 0 Å². The fourth-order valence-corrected chi connectivity index (χ4v) is 8.35. The molecular weight excluding hydrogens is 795 g/mol. The molecule has 0 bridgehead atoms. The third-order valence-electron chi connectivity index (χ3n) is 7.33. The molecule has 3 rings (SSSR count). The Morgan fingerprint density at radius 1 is 1.06 bits per heavy atom. The van der Waals surface area contributed by atoms with Crippen molar-refractivity contribution in [2.75, 3.05) is 43.5 Å². The standard InChI is InChI=1S/C25H44N7O17P3S/c1-14(33)5-8-53-9-7-27-16(34)4-6-28-23(37)20(36)25(2,3)11-46-52(43,44)49-51(41,42)45-10-15-19(48-50(38,39)40)18(35)24(47-15)32-13-31-17-21(26)29-12-30-22(17)32/h12-15,18-20,24,33,35-36H,4-11H2,1-3H3,(H,27,34)(H,28,37)(H,41,42)(H,43,44)(H2,26,29,30)(H2,38,39,40)/t14-,15-,18-,19-,20?,24-/m1/s1. The smallest absolute Gasteiger partial charge is 0.393 e. The van der Waals surface area contributed by atoms with Gasteiger partial charge in [0.15, 0.2) is 17.7 Å². The van der Waals surface area contributed by atoms with Gasteiger partial charge in [-0.15, -0.1) is 0 Å². The zero-order valence-corrected chi connectivity index (χ0v) is 32.1. The highest BCUT2D eigenvalue weighted by Crippen LogP contribution is 2.61. The van der Waals surface area contributed by atoms with E-state index in [0.29, 0.717) is 18.7 Å². The van der Waals surface area contributed by atoms with E-state index >= 15 is 0 Å². The lowest BCUT2D eigenvalue weighted by Gasteiger charge is -2.30. The zero-order valence-electron chi connectivity index (χ0n) is 28.6. The molecule has 1 saturated heterocycles. The van der Waals surface area contributed by atoms with Gasteiger partial charge in [0.05, 0.1) is 25.6 Å². The summed E-state index contributed by atoms with van der Waals surface area (Å²) in [6.45, 7) is 2.44. The fraction of sp³-hybridized carbons (Fsp3) is 0.720. The van der Waals surface area contributed by atoms with Crippen molar-refractivity contribution in [2.24, 2.45) is 5.41 Å². The van der Waals surface area contributed by atoms with Crippen LogP contribution in [0.5, 0.6) is 0 Å².